The maximum Gasteiger partial charge on any atom is 0.274 e. The molecule has 27 heavy (non-hydrogen) atoms. The average Bonchev–Trinajstić information content (AvgIpc) is 3.05. The summed E-state index contributed by atoms with van der Waals surface area (Å²) in [6.45, 7) is 3.37. The monoisotopic (exact) mass is 383 g/mol. The van der Waals surface area contributed by atoms with Crippen LogP contribution in [0.2, 0.25) is 0 Å². The number of anilines is 1. The normalized spacial score (nSPS) is 10.5. The van der Waals surface area contributed by atoms with E-state index >= 15 is 0 Å². The predicted molar refractivity (Wildman–Crippen MR) is 105 cm³/mol. The largest absolute Gasteiger partial charge is 0.497 e. The fourth-order valence-electron chi connectivity index (χ4n) is 2.60. The number of rotatable bonds is 5. The van der Waals surface area contributed by atoms with Crippen molar-refractivity contribution in [2.45, 2.75) is 13.8 Å². The van der Waals surface area contributed by atoms with Crippen molar-refractivity contribution in [2.75, 3.05) is 12.4 Å². The summed E-state index contributed by atoms with van der Waals surface area (Å²) < 4.78 is 5.15. The van der Waals surface area contributed by atoms with Crippen LogP contribution in [0.1, 0.15) is 20.9 Å². The molecule has 8 heteroatoms. The lowest BCUT2D eigenvalue weighted by atomic mass is 10.1. The topological polar surface area (TPSA) is 94.4 Å². The number of methoxy groups -OCH3 is 1. The number of benzene rings is 2. The number of nitrogens with one attached hydrogen (secondary N) is 1. The van der Waals surface area contributed by atoms with Crippen LogP contribution in [0.5, 0.6) is 5.75 Å². The highest BCUT2D eigenvalue weighted by molar-refractivity contribution is 7.17. The van der Waals surface area contributed by atoms with Crippen molar-refractivity contribution in [3.05, 3.63) is 68.7 Å². The van der Waals surface area contributed by atoms with Gasteiger partial charge in [-0.2, -0.15) is 0 Å². The van der Waals surface area contributed by atoms with E-state index in [-0.39, 0.29) is 11.6 Å². The smallest absolute Gasteiger partial charge is 0.274 e. The number of carbonyl (C=O) groups is 1. The molecule has 0 unspecified atom stereocenters. The van der Waals surface area contributed by atoms with Crippen molar-refractivity contribution in [3.63, 3.8) is 0 Å². The molecule has 1 N–H and O–H groups in total. The number of aromatic nitrogens is 1. The third-order valence-corrected chi connectivity index (χ3v) is 5.30. The van der Waals surface area contributed by atoms with Gasteiger partial charge in [0.2, 0.25) is 0 Å². The van der Waals surface area contributed by atoms with Crippen molar-refractivity contribution >= 4 is 28.6 Å². The van der Waals surface area contributed by atoms with E-state index in [4.69, 9.17) is 4.74 Å². The van der Waals surface area contributed by atoms with Crippen LogP contribution in [0, 0.1) is 24.0 Å². The molecule has 0 saturated carbocycles. The molecule has 0 atom stereocenters. The number of nitro benzene ring substituents is 1. The number of aryl methyl sites for hydroxylation is 1. The zero-order chi connectivity index (χ0) is 19.6. The number of thiazole rings is 1. The first-order valence-electron chi connectivity index (χ1n) is 8.08. The molecule has 0 fully saturated rings. The Labute approximate surface area is 159 Å². The van der Waals surface area contributed by atoms with Crippen LogP contribution in [0.15, 0.2) is 42.5 Å². The van der Waals surface area contributed by atoms with Gasteiger partial charge in [0.15, 0.2) is 0 Å². The molecule has 0 aliphatic carbocycles. The highest BCUT2D eigenvalue weighted by atomic mass is 32.1. The Balaban J connectivity index is 1.87. The maximum absolute atomic E-state index is 12.7. The highest BCUT2D eigenvalue weighted by Crippen LogP contribution is 2.31. The second kappa shape index (κ2) is 7.55. The van der Waals surface area contributed by atoms with E-state index in [1.54, 1.807) is 33.1 Å². The Hall–Kier alpha value is -3.26. The third kappa shape index (κ3) is 3.80. The molecule has 7 nitrogen and oxygen atoms in total. The number of hydrogen-bond acceptors (Lipinski definition) is 6. The van der Waals surface area contributed by atoms with E-state index in [1.807, 2.05) is 24.3 Å². The van der Waals surface area contributed by atoms with Crippen LogP contribution in [0.25, 0.3) is 10.6 Å². The number of hydrogen-bond donors (Lipinski definition) is 1. The van der Waals surface area contributed by atoms with Gasteiger partial charge < -0.3 is 10.1 Å². The zero-order valence-electron chi connectivity index (χ0n) is 15.0. The minimum atomic E-state index is -0.468. The molecule has 0 radical (unpaired) electrons. The van der Waals surface area contributed by atoms with Gasteiger partial charge in [0.25, 0.3) is 11.6 Å². The average molecular weight is 383 g/mol. The van der Waals surface area contributed by atoms with Crippen LogP contribution in [-0.4, -0.2) is 22.9 Å². The van der Waals surface area contributed by atoms with Crippen molar-refractivity contribution in [1.29, 1.82) is 0 Å². The van der Waals surface area contributed by atoms with Crippen LogP contribution in [-0.2, 0) is 0 Å². The molecule has 1 heterocycles. The van der Waals surface area contributed by atoms with Gasteiger partial charge in [-0.25, -0.2) is 4.98 Å². The lowest BCUT2D eigenvalue weighted by Crippen LogP contribution is -2.13. The molecule has 0 bridgehead atoms. The van der Waals surface area contributed by atoms with E-state index in [0.29, 0.717) is 21.8 Å². The molecule has 1 aromatic heterocycles. The van der Waals surface area contributed by atoms with Crippen molar-refractivity contribution < 1.29 is 14.5 Å². The second-order valence-corrected chi connectivity index (χ2v) is 6.82. The fraction of sp³-hybridized carbons (Fsp3) is 0.158. The van der Waals surface area contributed by atoms with E-state index in [1.165, 1.54) is 17.4 Å². The Bertz CT molecular complexity index is 1010. The van der Waals surface area contributed by atoms with Crippen molar-refractivity contribution in [3.8, 4) is 16.3 Å². The van der Waals surface area contributed by atoms with E-state index < -0.39 is 4.92 Å². The van der Waals surface area contributed by atoms with Crippen molar-refractivity contribution in [1.82, 2.24) is 4.98 Å². The van der Waals surface area contributed by atoms with Crippen LogP contribution in [0.3, 0.4) is 0 Å². The summed E-state index contributed by atoms with van der Waals surface area (Å²) in [5.74, 6) is 0.402. The molecule has 138 valence electrons. The number of ether oxygens (including phenoxy) is 1. The van der Waals surface area contributed by atoms with Gasteiger partial charge in [-0.3, -0.25) is 14.9 Å². The van der Waals surface area contributed by atoms with Crippen LogP contribution >= 0.6 is 11.3 Å². The molecule has 0 spiro atoms. The van der Waals surface area contributed by atoms with Gasteiger partial charge in [-0.15, -0.1) is 11.3 Å². The quantitative estimate of drug-likeness (QED) is 0.513. The fourth-order valence-corrected chi connectivity index (χ4v) is 3.57. The standard InChI is InChI=1S/C19H17N3O4S/c1-11-15(5-4-6-16(11)22(24)25)21-18(23)17-12(2)20-19(27-17)13-7-9-14(26-3)10-8-13/h4-10H,1-3H3,(H,21,23). The molecule has 2 aromatic carbocycles. The summed E-state index contributed by atoms with van der Waals surface area (Å²) in [7, 11) is 1.60. The minimum Gasteiger partial charge on any atom is -0.497 e. The molecule has 0 aliphatic rings. The van der Waals surface area contributed by atoms with Crippen LogP contribution < -0.4 is 10.1 Å². The first-order valence-corrected chi connectivity index (χ1v) is 8.89. The van der Waals surface area contributed by atoms with E-state index in [2.05, 4.69) is 10.3 Å². The first kappa shape index (κ1) is 18.5. The first-order chi connectivity index (χ1) is 12.9. The molecule has 3 rings (SSSR count). The van der Waals surface area contributed by atoms with Gasteiger partial charge in [-0.1, -0.05) is 6.07 Å². The minimum absolute atomic E-state index is 0.0345. The van der Waals surface area contributed by atoms with E-state index in [0.717, 1.165) is 16.3 Å². The van der Waals surface area contributed by atoms with Gasteiger partial charge in [0, 0.05) is 11.6 Å². The molecular formula is C19H17N3O4S. The number of amides is 1. The number of nitro groups is 1. The Morgan fingerprint density at radius 2 is 1.89 bits per heavy atom. The van der Waals surface area contributed by atoms with Gasteiger partial charge in [-0.05, 0) is 44.2 Å². The molecule has 1 amide bonds. The van der Waals surface area contributed by atoms with Crippen LogP contribution in [0.4, 0.5) is 11.4 Å². The predicted octanol–water partition coefficient (Wildman–Crippen LogP) is 4.60. The van der Waals surface area contributed by atoms with Gasteiger partial charge in [0.1, 0.15) is 15.6 Å². The van der Waals surface area contributed by atoms with Gasteiger partial charge >= 0.3 is 0 Å². The second-order valence-electron chi connectivity index (χ2n) is 5.82. The SMILES string of the molecule is COc1ccc(-c2nc(C)c(C(=O)Nc3cccc([N+](=O)[O-])c3C)s2)cc1. The Kier molecular flexibility index (Phi) is 5.18. The highest BCUT2D eigenvalue weighted by Gasteiger charge is 2.19. The van der Waals surface area contributed by atoms with Gasteiger partial charge in [0.05, 0.1) is 29.0 Å². The summed E-state index contributed by atoms with van der Waals surface area (Å²) in [5, 5.41) is 14.5. The summed E-state index contributed by atoms with van der Waals surface area (Å²) >= 11 is 1.27. The number of carbonyl (C=O) groups excluding carboxylic acids is 1. The lowest BCUT2D eigenvalue weighted by Gasteiger charge is -2.07. The van der Waals surface area contributed by atoms with Crippen molar-refractivity contribution in [2.24, 2.45) is 0 Å². The summed E-state index contributed by atoms with van der Waals surface area (Å²) in [5.41, 5.74) is 2.27. The maximum atomic E-state index is 12.7. The Morgan fingerprint density at radius 1 is 1.19 bits per heavy atom. The summed E-state index contributed by atoms with van der Waals surface area (Å²) in [4.78, 5) is 28.2. The molecular weight excluding hydrogens is 366 g/mol. The third-order valence-electron chi connectivity index (χ3n) is 4.09. The number of nitrogens with zero attached hydrogens (tertiary/aromatic N) is 2. The summed E-state index contributed by atoms with van der Waals surface area (Å²) in [6, 6.07) is 12.0. The van der Waals surface area contributed by atoms with E-state index in [9.17, 15) is 14.9 Å². The summed E-state index contributed by atoms with van der Waals surface area (Å²) in [6.07, 6.45) is 0. The zero-order valence-corrected chi connectivity index (χ0v) is 15.8. The molecule has 3 aromatic rings. The molecule has 0 saturated heterocycles. The lowest BCUT2D eigenvalue weighted by molar-refractivity contribution is -0.385. The Morgan fingerprint density at radius 3 is 2.52 bits per heavy atom. The molecule has 0 aliphatic heterocycles.